The van der Waals surface area contributed by atoms with Crippen LogP contribution >= 0.6 is 0 Å². The molecule has 0 aromatic heterocycles. The van der Waals surface area contributed by atoms with Crippen molar-refractivity contribution in [2.24, 2.45) is 5.41 Å². The second-order valence-electron chi connectivity index (χ2n) is 6.60. The smallest absolute Gasteiger partial charge is 0.0596 e. The van der Waals surface area contributed by atoms with Gasteiger partial charge in [0.1, 0.15) is 0 Å². The molecule has 0 unspecified atom stereocenters. The zero-order valence-corrected chi connectivity index (χ0v) is 13.5. The minimum Gasteiger partial charge on any atom is -0.377 e. The Hall–Kier alpha value is -0.120. The van der Waals surface area contributed by atoms with Crippen LogP contribution in [0.1, 0.15) is 52.4 Å². The van der Waals surface area contributed by atoms with E-state index in [0.717, 1.165) is 19.7 Å². The maximum absolute atomic E-state index is 5.66. The fourth-order valence-corrected chi connectivity index (χ4v) is 3.34. The molecule has 0 aliphatic heterocycles. The summed E-state index contributed by atoms with van der Waals surface area (Å²) in [6, 6.07) is 0. The first-order valence-corrected chi connectivity index (χ1v) is 8.03. The standard InChI is InChI=1S/C16H34N2O/c1-15(2)19-12-11-18(4)14-16(13-17-3)9-7-5-6-8-10-16/h15,17H,5-14H2,1-4H3. The number of hydrogen-bond donors (Lipinski definition) is 1. The number of nitrogens with one attached hydrogen (secondary N) is 1. The molecule has 0 atom stereocenters. The zero-order valence-electron chi connectivity index (χ0n) is 13.5. The molecule has 3 nitrogen and oxygen atoms in total. The van der Waals surface area contributed by atoms with E-state index in [1.165, 1.54) is 45.1 Å². The lowest BCUT2D eigenvalue weighted by molar-refractivity contribution is 0.0519. The molecule has 1 rings (SSSR count). The summed E-state index contributed by atoms with van der Waals surface area (Å²) in [6.45, 7) is 8.46. The van der Waals surface area contributed by atoms with Crippen molar-refractivity contribution < 1.29 is 4.74 Å². The van der Waals surface area contributed by atoms with E-state index in [1.54, 1.807) is 0 Å². The summed E-state index contributed by atoms with van der Waals surface area (Å²) >= 11 is 0. The van der Waals surface area contributed by atoms with Crippen LogP contribution in [-0.2, 0) is 4.74 Å². The van der Waals surface area contributed by atoms with Crippen molar-refractivity contribution >= 4 is 0 Å². The lowest BCUT2D eigenvalue weighted by atomic mass is 9.79. The largest absolute Gasteiger partial charge is 0.377 e. The van der Waals surface area contributed by atoms with Crippen LogP contribution in [0.4, 0.5) is 0 Å². The summed E-state index contributed by atoms with van der Waals surface area (Å²) in [5, 5.41) is 3.43. The Morgan fingerprint density at radius 2 is 1.79 bits per heavy atom. The molecule has 1 N–H and O–H groups in total. The van der Waals surface area contributed by atoms with E-state index in [-0.39, 0.29) is 0 Å². The van der Waals surface area contributed by atoms with E-state index in [2.05, 4.69) is 38.2 Å². The summed E-state index contributed by atoms with van der Waals surface area (Å²) in [4.78, 5) is 2.46. The van der Waals surface area contributed by atoms with E-state index in [0.29, 0.717) is 11.5 Å². The molecule has 0 spiro atoms. The van der Waals surface area contributed by atoms with Crippen molar-refractivity contribution in [3.63, 3.8) is 0 Å². The average molecular weight is 270 g/mol. The van der Waals surface area contributed by atoms with Gasteiger partial charge in [0.25, 0.3) is 0 Å². The lowest BCUT2D eigenvalue weighted by Crippen LogP contribution is -2.43. The summed E-state index contributed by atoms with van der Waals surface area (Å²) in [6.07, 6.45) is 8.75. The second kappa shape index (κ2) is 8.93. The number of rotatable bonds is 8. The van der Waals surface area contributed by atoms with Crippen molar-refractivity contribution in [2.75, 3.05) is 40.3 Å². The highest BCUT2D eigenvalue weighted by Crippen LogP contribution is 2.35. The Morgan fingerprint density at radius 1 is 1.16 bits per heavy atom. The van der Waals surface area contributed by atoms with Gasteiger partial charge >= 0.3 is 0 Å². The van der Waals surface area contributed by atoms with E-state index in [4.69, 9.17) is 4.74 Å². The van der Waals surface area contributed by atoms with Gasteiger partial charge in [-0.1, -0.05) is 25.7 Å². The third kappa shape index (κ3) is 6.73. The predicted octanol–water partition coefficient (Wildman–Crippen LogP) is 2.90. The summed E-state index contributed by atoms with van der Waals surface area (Å²) in [7, 11) is 4.33. The van der Waals surface area contributed by atoms with Crippen LogP contribution < -0.4 is 5.32 Å². The van der Waals surface area contributed by atoms with Crippen LogP contribution in [-0.4, -0.2) is 51.3 Å². The summed E-state index contributed by atoms with van der Waals surface area (Å²) in [5.74, 6) is 0. The Kier molecular flexibility index (Phi) is 7.96. The van der Waals surface area contributed by atoms with Gasteiger partial charge in [0.05, 0.1) is 12.7 Å². The quantitative estimate of drug-likeness (QED) is 0.686. The Morgan fingerprint density at radius 3 is 2.32 bits per heavy atom. The SMILES string of the molecule is CNCC1(CN(C)CCOC(C)C)CCCCCC1. The fourth-order valence-electron chi connectivity index (χ4n) is 3.34. The Labute approximate surface area is 120 Å². The molecule has 3 heteroatoms. The van der Waals surface area contributed by atoms with Gasteiger partial charge in [0.2, 0.25) is 0 Å². The molecule has 114 valence electrons. The third-order valence-electron chi connectivity index (χ3n) is 4.25. The second-order valence-corrected chi connectivity index (χ2v) is 6.60. The topological polar surface area (TPSA) is 24.5 Å². The van der Waals surface area contributed by atoms with Crippen LogP contribution in [0, 0.1) is 5.41 Å². The summed E-state index contributed by atoms with van der Waals surface area (Å²) < 4.78 is 5.66. The van der Waals surface area contributed by atoms with Gasteiger partial charge in [-0.25, -0.2) is 0 Å². The van der Waals surface area contributed by atoms with Crippen LogP contribution in [0.25, 0.3) is 0 Å². The van der Waals surface area contributed by atoms with E-state index < -0.39 is 0 Å². The maximum atomic E-state index is 5.66. The van der Waals surface area contributed by atoms with E-state index in [9.17, 15) is 0 Å². The van der Waals surface area contributed by atoms with Gasteiger partial charge in [-0.05, 0) is 46.2 Å². The lowest BCUT2D eigenvalue weighted by Gasteiger charge is -2.36. The Balaban J connectivity index is 2.42. The van der Waals surface area contributed by atoms with Crippen molar-refractivity contribution in [3.05, 3.63) is 0 Å². The van der Waals surface area contributed by atoms with Gasteiger partial charge in [-0.2, -0.15) is 0 Å². The van der Waals surface area contributed by atoms with Gasteiger partial charge in [0, 0.05) is 19.6 Å². The minimum absolute atomic E-state index is 0.345. The highest BCUT2D eigenvalue weighted by molar-refractivity contribution is 4.86. The van der Waals surface area contributed by atoms with Crippen LogP contribution in [0.3, 0.4) is 0 Å². The Bertz CT molecular complexity index is 223. The first-order chi connectivity index (χ1) is 9.08. The third-order valence-corrected chi connectivity index (χ3v) is 4.25. The molecule has 1 aliphatic rings. The molecule has 1 fully saturated rings. The number of hydrogen-bond acceptors (Lipinski definition) is 3. The van der Waals surface area contributed by atoms with Gasteiger partial charge in [0.15, 0.2) is 0 Å². The molecule has 0 heterocycles. The van der Waals surface area contributed by atoms with Crippen LogP contribution in [0.2, 0.25) is 0 Å². The molecule has 0 bridgehead atoms. The van der Waals surface area contributed by atoms with Crippen LogP contribution in [0.15, 0.2) is 0 Å². The van der Waals surface area contributed by atoms with Crippen molar-refractivity contribution in [1.29, 1.82) is 0 Å². The van der Waals surface area contributed by atoms with Gasteiger partial charge < -0.3 is 15.0 Å². The molecule has 0 radical (unpaired) electrons. The van der Waals surface area contributed by atoms with E-state index in [1.807, 2.05) is 0 Å². The van der Waals surface area contributed by atoms with Crippen molar-refractivity contribution in [3.8, 4) is 0 Å². The minimum atomic E-state index is 0.345. The van der Waals surface area contributed by atoms with Gasteiger partial charge in [-0.15, -0.1) is 0 Å². The monoisotopic (exact) mass is 270 g/mol. The molecule has 0 amide bonds. The first-order valence-electron chi connectivity index (χ1n) is 8.03. The van der Waals surface area contributed by atoms with Crippen molar-refractivity contribution in [1.82, 2.24) is 10.2 Å². The highest BCUT2D eigenvalue weighted by atomic mass is 16.5. The normalized spacial score (nSPS) is 19.9. The fraction of sp³-hybridized carbons (Fsp3) is 1.00. The molecule has 19 heavy (non-hydrogen) atoms. The number of likely N-dealkylation sites (N-methyl/N-ethyl adjacent to an activating group) is 1. The molecule has 0 aromatic carbocycles. The average Bonchev–Trinajstić information content (AvgIpc) is 2.55. The molecule has 1 saturated carbocycles. The maximum Gasteiger partial charge on any atom is 0.0596 e. The highest BCUT2D eigenvalue weighted by Gasteiger charge is 2.31. The van der Waals surface area contributed by atoms with E-state index >= 15 is 0 Å². The molecule has 0 saturated heterocycles. The molecular weight excluding hydrogens is 236 g/mol. The number of nitrogens with zero attached hydrogens (tertiary/aromatic N) is 1. The summed E-state index contributed by atoms with van der Waals surface area (Å²) in [5.41, 5.74) is 0.484. The molecular formula is C16H34N2O. The predicted molar refractivity (Wildman–Crippen MR) is 82.6 cm³/mol. The van der Waals surface area contributed by atoms with Gasteiger partial charge in [-0.3, -0.25) is 0 Å². The van der Waals surface area contributed by atoms with Crippen LogP contribution in [0.5, 0.6) is 0 Å². The zero-order chi connectivity index (χ0) is 14.1. The van der Waals surface area contributed by atoms with Crippen molar-refractivity contribution in [2.45, 2.75) is 58.5 Å². The first kappa shape index (κ1) is 16.9. The molecule has 1 aliphatic carbocycles. The number of ether oxygens (including phenoxy) is 1. The molecule has 0 aromatic rings.